The summed E-state index contributed by atoms with van der Waals surface area (Å²) in [5.74, 6) is 0.0318. The standard InChI is InChI=1S/C20H23NO4/c1-3-4-5-13-25-20(23)15-9-11-17(12-10-15)21-19(22)16-7-6-8-18(14-16)24-2/h6-12,14H,3-5,13H2,1-2H3,(H,21,22). The van der Waals surface area contributed by atoms with Crippen molar-refractivity contribution in [2.75, 3.05) is 19.0 Å². The third kappa shape index (κ3) is 5.64. The molecule has 132 valence electrons. The first-order valence-corrected chi connectivity index (χ1v) is 8.36. The number of esters is 1. The van der Waals surface area contributed by atoms with Crippen LogP contribution in [0.3, 0.4) is 0 Å². The SMILES string of the molecule is CCCCCOC(=O)c1ccc(NC(=O)c2cccc(OC)c2)cc1. The van der Waals surface area contributed by atoms with Crippen LogP contribution in [-0.4, -0.2) is 25.6 Å². The Morgan fingerprint density at radius 2 is 1.76 bits per heavy atom. The number of amides is 1. The summed E-state index contributed by atoms with van der Waals surface area (Å²) in [5.41, 5.74) is 1.57. The molecule has 2 aromatic carbocycles. The number of hydrogen-bond donors (Lipinski definition) is 1. The van der Waals surface area contributed by atoms with Gasteiger partial charge in [-0.2, -0.15) is 0 Å². The van der Waals surface area contributed by atoms with E-state index in [2.05, 4.69) is 12.2 Å². The van der Waals surface area contributed by atoms with E-state index in [1.165, 1.54) is 0 Å². The fourth-order valence-corrected chi connectivity index (χ4v) is 2.26. The van der Waals surface area contributed by atoms with Crippen LogP contribution >= 0.6 is 0 Å². The number of carbonyl (C=O) groups excluding carboxylic acids is 2. The molecule has 5 nitrogen and oxygen atoms in total. The molecule has 1 N–H and O–H groups in total. The van der Waals surface area contributed by atoms with Gasteiger partial charge in [-0.1, -0.05) is 25.8 Å². The Hall–Kier alpha value is -2.82. The minimum atomic E-state index is -0.346. The molecule has 0 saturated heterocycles. The first-order chi connectivity index (χ1) is 12.1. The maximum Gasteiger partial charge on any atom is 0.338 e. The van der Waals surface area contributed by atoms with Crippen molar-refractivity contribution < 1.29 is 19.1 Å². The Bertz CT molecular complexity index is 710. The largest absolute Gasteiger partial charge is 0.497 e. The van der Waals surface area contributed by atoms with Gasteiger partial charge in [0, 0.05) is 11.3 Å². The lowest BCUT2D eigenvalue weighted by atomic mass is 10.1. The predicted molar refractivity (Wildman–Crippen MR) is 97.2 cm³/mol. The number of hydrogen-bond acceptors (Lipinski definition) is 4. The van der Waals surface area contributed by atoms with E-state index in [4.69, 9.17) is 9.47 Å². The second-order valence-corrected chi connectivity index (χ2v) is 5.61. The van der Waals surface area contributed by atoms with E-state index in [9.17, 15) is 9.59 Å². The van der Waals surface area contributed by atoms with Gasteiger partial charge < -0.3 is 14.8 Å². The minimum Gasteiger partial charge on any atom is -0.497 e. The van der Waals surface area contributed by atoms with Crippen LogP contribution in [0.15, 0.2) is 48.5 Å². The topological polar surface area (TPSA) is 64.6 Å². The lowest BCUT2D eigenvalue weighted by Gasteiger charge is -2.08. The number of anilines is 1. The van der Waals surface area contributed by atoms with E-state index in [1.807, 2.05) is 0 Å². The second-order valence-electron chi connectivity index (χ2n) is 5.61. The average molecular weight is 341 g/mol. The van der Waals surface area contributed by atoms with Crippen LogP contribution in [-0.2, 0) is 4.74 Å². The molecule has 0 bridgehead atoms. The Morgan fingerprint density at radius 1 is 1.00 bits per heavy atom. The molecule has 5 heteroatoms. The molecular formula is C20H23NO4. The summed E-state index contributed by atoms with van der Waals surface area (Å²) in [7, 11) is 1.55. The van der Waals surface area contributed by atoms with Crippen molar-refractivity contribution in [1.29, 1.82) is 0 Å². The van der Waals surface area contributed by atoms with E-state index < -0.39 is 0 Å². The van der Waals surface area contributed by atoms with E-state index >= 15 is 0 Å². The number of nitrogens with one attached hydrogen (secondary N) is 1. The highest BCUT2D eigenvalue weighted by atomic mass is 16.5. The molecule has 2 rings (SSSR count). The Balaban J connectivity index is 1.93. The molecular weight excluding hydrogens is 318 g/mol. The highest BCUT2D eigenvalue weighted by Gasteiger charge is 2.09. The van der Waals surface area contributed by atoms with Crippen molar-refractivity contribution in [3.05, 3.63) is 59.7 Å². The average Bonchev–Trinajstić information content (AvgIpc) is 2.65. The van der Waals surface area contributed by atoms with Crippen LogP contribution in [0.5, 0.6) is 5.75 Å². The molecule has 0 saturated carbocycles. The van der Waals surface area contributed by atoms with Crippen LogP contribution in [0.4, 0.5) is 5.69 Å². The Morgan fingerprint density at radius 3 is 2.44 bits per heavy atom. The van der Waals surface area contributed by atoms with Gasteiger partial charge in [0.05, 0.1) is 19.3 Å². The summed E-state index contributed by atoms with van der Waals surface area (Å²) in [6.45, 7) is 2.53. The maximum atomic E-state index is 12.2. The molecule has 1 amide bonds. The monoisotopic (exact) mass is 341 g/mol. The maximum absolute atomic E-state index is 12.2. The third-order valence-electron chi connectivity index (χ3n) is 3.69. The van der Waals surface area contributed by atoms with Crippen molar-refractivity contribution >= 4 is 17.6 Å². The van der Waals surface area contributed by atoms with Gasteiger partial charge in [-0.3, -0.25) is 4.79 Å². The summed E-state index contributed by atoms with van der Waals surface area (Å²) in [5, 5.41) is 2.79. The third-order valence-corrected chi connectivity index (χ3v) is 3.69. The van der Waals surface area contributed by atoms with Crippen molar-refractivity contribution in [2.24, 2.45) is 0 Å². The summed E-state index contributed by atoms with van der Waals surface area (Å²) < 4.78 is 10.3. The molecule has 0 heterocycles. The molecule has 0 radical (unpaired) electrons. The van der Waals surface area contributed by atoms with Crippen molar-refractivity contribution in [1.82, 2.24) is 0 Å². The van der Waals surface area contributed by atoms with Gasteiger partial charge in [0.1, 0.15) is 5.75 Å². The molecule has 0 fully saturated rings. The van der Waals surface area contributed by atoms with E-state index in [0.29, 0.717) is 29.2 Å². The lowest BCUT2D eigenvalue weighted by molar-refractivity contribution is 0.0498. The Labute approximate surface area is 148 Å². The van der Waals surface area contributed by atoms with Crippen LogP contribution in [0, 0.1) is 0 Å². The first kappa shape index (κ1) is 18.5. The van der Waals surface area contributed by atoms with Crippen molar-refractivity contribution in [3.8, 4) is 5.75 Å². The molecule has 0 unspecified atom stereocenters. The molecule has 0 spiro atoms. The molecule has 25 heavy (non-hydrogen) atoms. The van der Waals surface area contributed by atoms with E-state index in [1.54, 1.807) is 55.6 Å². The second kappa shape index (κ2) is 9.47. The highest BCUT2D eigenvalue weighted by Crippen LogP contribution is 2.16. The van der Waals surface area contributed by atoms with Gasteiger partial charge in [0.25, 0.3) is 5.91 Å². The fraction of sp³-hybridized carbons (Fsp3) is 0.300. The number of methoxy groups -OCH3 is 1. The number of unbranched alkanes of at least 4 members (excludes halogenated alkanes) is 2. The quantitative estimate of drug-likeness (QED) is 0.574. The van der Waals surface area contributed by atoms with Gasteiger partial charge in [-0.25, -0.2) is 4.79 Å². The number of carbonyl (C=O) groups is 2. The smallest absolute Gasteiger partial charge is 0.338 e. The zero-order valence-corrected chi connectivity index (χ0v) is 14.6. The molecule has 0 aliphatic rings. The highest BCUT2D eigenvalue weighted by molar-refractivity contribution is 6.04. The number of ether oxygens (including phenoxy) is 2. The number of benzene rings is 2. The molecule has 0 aliphatic carbocycles. The van der Waals surface area contributed by atoms with Crippen LogP contribution in [0.25, 0.3) is 0 Å². The van der Waals surface area contributed by atoms with E-state index in [0.717, 1.165) is 19.3 Å². The van der Waals surface area contributed by atoms with Crippen LogP contribution in [0.2, 0.25) is 0 Å². The van der Waals surface area contributed by atoms with Crippen LogP contribution in [0.1, 0.15) is 46.9 Å². The van der Waals surface area contributed by atoms with E-state index in [-0.39, 0.29) is 11.9 Å². The summed E-state index contributed by atoms with van der Waals surface area (Å²) in [6.07, 6.45) is 3.00. The first-order valence-electron chi connectivity index (χ1n) is 8.36. The van der Waals surface area contributed by atoms with Crippen LogP contribution < -0.4 is 10.1 Å². The number of rotatable bonds is 8. The predicted octanol–water partition coefficient (Wildman–Crippen LogP) is 4.29. The van der Waals surface area contributed by atoms with Gasteiger partial charge in [0.2, 0.25) is 0 Å². The van der Waals surface area contributed by atoms with Gasteiger partial charge in [-0.05, 0) is 48.9 Å². The summed E-state index contributed by atoms with van der Waals surface area (Å²) >= 11 is 0. The van der Waals surface area contributed by atoms with Gasteiger partial charge in [0.15, 0.2) is 0 Å². The van der Waals surface area contributed by atoms with Gasteiger partial charge in [-0.15, -0.1) is 0 Å². The zero-order valence-electron chi connectivity index (χ0n) is 14.6. The zero-order chi connectivity index (χ0) is 18.1. The van der Waals surface area contributed by atoms with Gasteiger partial charge >= 0.3 is 5.97 Å². The Kier molecular flexibility index (Phi) is 7.01. The molecule has 2 aromatic rings. The minimum absolute atomic E-state index is 0.242. The molecule has 0 aromatic heterocycles. The summed E-state index contributed by atoms with van der Waals surface area (Å²) in [4.78, 5) is 24.2. The normalized spacial score (nSPS) is 10.2. The van der Waals surface area contributed by atoms with Crippen molar-refractivity contribution in [3.63, 3.8) is 0 Å². The van der Waals surface area contributed by atoms with Crippen molar-refractivity contribution in [2.45, 2.75) is 26.2 Å². The fourth-order valence-electron chi connectivity index (χ4n) is 2.26. The lowest BCUT2D eigenvalue weighted by Crippen LogP contribution is -2.12. The molecule has 0 aliphatic heterocycles. The summed E-state index contributed by atoms with van der Waals surface area (Å²) in [6, 6.07) is 13.6. The molecule has 0 atom stereocenters.